The molecule has 1 aromatic carbocycles. The third kappa shape index (κ3) is 5.04. The Kier molecular flexibility index (Phi) is 6.11. The number of carbonyl (C=O) groups is 2. The number of rotatable bonds is 6. The third-order valence-electron chi connectivity index (χ3n) is 3.67. The number of nitrogens with one attached hydrogen (secondary N) is 1. The highest BCUT2D eigenvalue weighted by molar-refractivity contribution is 5.94. The Labute approximate surface area is 146 Å². The van der Waals surface area contributed by atoms with Gasteiger partial charge in [0.05, 0.1) is 12.2 Å². The zero-order valence-corrected chi connectivity index (χ0v) is 14.7. The molecule has 0 unspecified atom stereocenters. The minimum absolute atomic E-state index is 0.0787. The lowest BCUT2D eigenvalue weighted by molar-refractivity contribution is -0.116. The highest BCUT2D eigenvalue weighted by Crippen LogP contribution is 2.12. The van der Waals surface area contributed by atoms with Crippen molar-refractivity contribution in [1.29, 1.82) is 0 Å². The van der Waals surface area contributed by atoms with E-state index in [4.69, 9.17) is 4.74 Å². The standard InChI is InChI=1S/C19H22N2O4/c1-4-8-25-19(24)15-6-5-7-16(11-15)20-18(23)12-21-13(2)9-17(22)10-14(21)3/h5-7,9-11H,4,8,12H2,1-3H3,(H,20,23). The van der Waals surface area contributed by atoms with E-state index in [1.165, 1.54) is 12.1 Å². The lowest BCUT2D eigenvalue weighted by atomic mass is 10.2. The summed E-state index contributed by atoms with van der Waals surface area (Å²) in [7, 11) is 0. The van der Waals surface area contributed by atoms with E-state index in [2.05, 4.69) is 5.32 Å². The van der Waals surface area contributed by atoms with Crippen LogP contribution >= 0.6 is 0 Å². The van der Waals surface area contributed by atoms with Crippen molar-refractivity contribution in [2.45, 2.75) is 33.7 Å². The van der Waals surface area contributed by atoms with Gasteiger partial charge in [0.15, 0.2) is 5.43 Å². The Balaban J connectivity index is 2.09. The summed E-state index contributed by atoms with van der Waals surface area (Å²) in [5, 5.41) is 2.77. The number of amides is 1. The van der Waals surface area contributed by atoms with Crippen LogP contribution in [-0.2, 0) is 16.1 Å². The molecule has 0 aliphatic carbocycles. The molecule has 0 fully saturated rings. The molecule has 1 heterocycles. The molecule has 0 radical (unpaired) electrons. The van der Waals surface area contributed by atoms with Crippen LogP contribution in [0.15, 0.2) is 41.2 Å². The first kappa shape index (κ1) is 18.4. The van der Waals surface area contributed by atoms with Crippen LogP contribution in [0.25, 0.3) is 0 Å². The maximum Gasteiger partial charge on any atom is 0.338 e. The smallest absolute Gasteiger partial charge is 0.338 e. The largest absolute Gasteiger partial charge is 0.462 e. The lowest BCUT2D eigenvalue weighted by Gasteiger charge is -2.14. The number of anilines is 1. The fourth-order valence-corrected chi connectivity index (χ4v) is 2.48. The number of hydrogen-bond donors (Lipinski definition) is 1. The topological polar surface area (TPSA) is 77.4 Å². The van der Waals surface area contributed by atoms with E-state index in [1.54, 1.807) is 42.7 Å². The van der Waals surface area contributed by atoms with Gasteiger partial charge in [0, 0.05) is 29.2 Å². The van der Waals surface area contributed by atoms with Gasteiger partial charge in [-0.3, -0.25) is 9.59 Å². The second-order valence-corrected chi connectivity index (χ2v) is 5.82. The first-order chi connectivity index (χ1) is 11.9. The normalized spacial score (nSPS) is 10.4. The molecule has 2 rings (SSSR count). The number of carbonyl (C=O) groups excluding carboxylic acids is 2. The fourth-order valence-electron chi connectivity index (χ4n) is 2.48. The SMILES string of the molecule is CCCOC(=O)c1cccc(NC(=O)Cn2c(C)cc(=O)cc2C)c1. The van der Waals surface area contributed by atoms with Crippen molar-refractivity contribution in [2.24, 2.45) is 0 Å². The minimum Gasteiger partial charge on any atom is -0.462 e. The number of benzene rings is 1. The average Bonchev–Trinajstić information content (AvgIpc) is 2.56. The van der Waals surface area contributed by atoms with Gasteiger partial charge in [-0.05, 0) is 38.5 Å². The fraction of sp³-hybridized carbons (Fsp3) is 0.316. The lowest BCUT2D eigenvalue weighted by Crippen LogP contribution is -2.23. The Morgan fingerprint density at radius 2 is 1.80 bits per heavy atom. The molecule has 0 aliphatic rings. The summed E-state index contributed by atoms with van der Waals surface area (Å²) in [6, 6.07) is 9.60. The third-order valence-corrected chi connectivity index (χ3v) is 3.67. The van der Waals surface area contributed by atoms with Crippen LogP contribution in [0.1, 0.15) is 35.1 Å². The summed E-state index contributed by atoms with van der Waals surface area (Å²) in [6.45, 7) is 5.94. The van der Waals surface area contributed by atoms with Crippen LogP contribution in [-0.4, -0.2) is 23.1 Å². The van der Waals surface area contributed by atoms with Crippen LogP contribution < -0.4 is 10.7 Å². The Bertz CT molecular complexity index is 813. The van der Waals surface area contributed by atoms with E-state index < -0.39 is 5.97 Å². The second kappa shape index (κ2) is 8.28. The van der Waals surface area contributed by atoms with Crippen LogP contribution in [0.5, 0.6) is 0 Å². The zero-order chi connectivity index (χ0) is 18.4. The molecule has 0 saturated heterocycles. The molecule has 1 aromatic heterocycles. The number of hydrogen-bond acceptors (Lipinski definition) is 4. The molecule has 2 aromatic rings. The average molecular weight is 342 g/mol. The van der Waals surface area contributed by atoms with Crippen molar-refractivity contribution < 1.29 is 14.3 Å². The van der Waals surface area contributed by atoms with E-state index in [1.807, 2.05) is 6.92 Å². The summed E-state index contributed by atoms with van der Waals surface area (Å²) in [4.78, 5) is 35.6. The van der Waals surface area contributed by atoms with Crippen molar-refractivity contribution in [3.63, 3.8) is 0 Å². The summed E-state index contributed by atoms with van der Waals surface area (Å²) >= 11 is 0. The number of pyridine rings is 1. The zero-order valence-electron chi connectivity index (χ0n) is 14.7. The van der Waals surface area contributed by atoms with Crippen molar-refractivity contribution >= 4 is 17.6 Å². The van der Waals surface area contributed by atoms with Crippen molar-refractivity contribution in [3.05, 3.63) is 63.6 Å². The molecule has 1 N–H and O–H groups in total. The van der Waals surface area contributed by atoms with Gasteiger partial charge in [-0.25, -0.2) is 4.79 Å². The summed E-state index contributed by atoms with van der Waals surface area (Å²) < 4.78 is 6.85. The van der Waals surface area contributed by atoms with Gasteiger partial charge in [-0.15, -0.1) is 0 Å². The molecule has 25 heavy (non-hydrogen) atoms. The van der Waals surface area contributed by atoms with E-state index in [9.17, 15) is 14.4 Å². The minimum atomic E-state index is -0.412. The second-order valence-electron chi connectivity index (χ2n) is 5.82. The molecule has 132 valence electrons. The summed E-state index contributed by atoms with van der Waals surface area (Å²) in [6.07, 6.45) is 0.750. The molecular formula is C19H22N2O4. The van der Waals surface area contributed by atoms with Crippen LogP contribution in [0.4, 0.5) is 5.69 Å². The van der Waals surface area contributed by atoms with Gasteiger partial charge in [0.2, 0.25) is 5.91 Å². The van der Waals surface area contributed by atoms with Gasteiger partial charge in [-0.1, -0.05) is 13.0 Å². The number of nitrogens with zero attached hydrogens (tertiary/aromatic N) is 1. The predicted octanol–water partition coefficient (Wildman–Crippen LogP) is 2.67. The molecule has 0 atom stereocenters. The van der Waals surface area contributed by atoms with Crippen LogP contribution in [0.3, 0.4) is 0 Å². The maximum atomic E-state index is 12.3. The van der Waals surface area contributed by atoms with Crippen LogP contribution in [0, 0.1) is 13.8 Å². The van der Waals surface area contributed by atoms with Crippen LogP contribution in [0.2, 0.25) is 0 Å². The van der Waals surface area contributed by atoms with Gasteiger partial charge < -0.3 is 14.6 Å². The summed E-state index contributed by atoms with van der Waals surface area (Å²) in [5.41, 5.74) is 2.27. The molecule has 0 spiro atoms. The van der Waals surface area contributed by atoms with E-state index in [0.717, 1.165) is 17.8 Å². The van der Waals surface area contributed by atoms with E-state index >= 15 is 0 Å². The number of ether oxygens (including phenoxy) is 1. The molecule has 6 heteroatoms. The van der Waals surface area contributed by atoms with Crippen molar-refractivity contribution in [2.75, 3.05) is 11.9 Å². The Hall–Kier alpha value is -2.89. The number of aryl methyl sites for hydroxylation is 2. The molecule has 6 nitrogen and oxygen atoms in total. The first-order valence-electron chi connectivity index (χ1n) is 8.16. The van der Waals surface area contributed by atoms with Crippen molar-refractivity contribution in [3.8, 4) is 0 Å². The Morgan fingerprint density at radius 3 is 2.44 bits per heavy atom. The number of esters is 1. The van der Waals surface area contributed by atoms with Gasteiger partial charge in [-0.2, -0.15) is 0 Å². The Morgan fingerprint density at radius 1 is 1.12 bits per heavy atom. The molecule has 1 amide bonds. The van der Waals surface area contributed by atoms with Gasteiger partial charge >= 0.3 is 5.97 Å². The predicted molar refractivity (Wildman–Crippen MR) is 95.8 cm³/mol. The monoisotopic (exact) mass is 342 g/mol. The maximum absolute atomic E-state index is 12.3. The van der Waals surface area contributed by atoms with E-state index in [0.29, 0.717) is 17.9 Å². The van der Waals surface area contributed by atoms with Gasteiger partial charge in [0.1, 0.15) is 6.54 Å². The molecule has 0 bridgehead atoms. The number of aromatic nitrogens is 1. The highest BCUT2D eigenvalue weighted by Gasteiger charge is 2.10. The highest BCUT2D eigenvalue weighted by atomic mass is 16.5. The molecule has 0 saturated carbocycles. The van der Waals surface area contributed by atoms with Crippen molar-refractivity contribution in [1.82, 2.24) is 4.57 Å². The molecular weight excluding hydrogens is 320 g/mol. The molecule has 0 aliphatic heterocycles. The summed E-state index contributed by atoms with van der Waals surface area (Å²) in [5.74, 6) is -0.654. The van der Waals surface area contributed by atoms with E-state index in [-0.39, 0.29) is 17.9 Å². The quantitative estimate of drug-likeness (QED) is 0.819. The van der Waals surface area contributed by atoms with Gasteiger partial charge in [0.25, 0.3) is 0 Å². The first-order valence-corrected chi connectivity index (χ1v) is 8.16.